The van der Waals surface area contributed by atoms with Crippen molar-refractivity contribution in [3.05, 3.63) is 54.1 Å². The zero-order valence-electron chi connectivity index (χ0n) is 22.1. The number of aryl methyl sites for hydroxylation is 1. The third-order valence-electron chi connectivity index (χ3n) is 8.49. The van der Waals surface area contributed by atoms with Crippen molar-refractivity contribution in [3.8, 4) is 5.75 Å². The number of urea groups is 1. The Morgan fingerprint density at radius 2 is 1.81 bits per heavy atom. The van der Waals surface area contributed by atoms with E-state index in [0.29, 0.717) is 35.7 Å². The van der Waals surface area contributed by atoms with Gasteiger partial charge in [0.25, 0.3) is 0 Å². The zero-order chi connectivity index (χ0) is 25.8. The van der Waals surface area contributed by atoms with Crippen LogP contribution in [-0.2, 0) is 4.79 Å². The van der Waals surface area contributed by atoms with Crippen LogP contribution in [-0.4, -0.2) is 60.6 Å². The van der Waals surface area contributed by atoms with Gasteiger partial charge in [0.2, 0.25) is 5.91 Å². The van der Waals surface area contributed by atoms with Crippen LogP contribution >= 0.6 is 0 Å². The van der Waals surface area contributed by atoms with Gasteiger partial charge in [-0.15, -0.1) is 0 Å². The summed E-state index contributed by atoms with van der Waals surface area (Å²) in [6, 6.07) is 16.1. The molecule has 0 unspecified atom stereocenters. The first-order chi connectivity index (χ1) is 18.0. The second-order valence-corrected chi connectivity index (χ2v) is 10.9. The van der Waals surface area contributed by atoms with Crippen LogP contribution in [0.1, 0.15) is 50.5 Å². The number of nitrogens with one attached hydrogen (secondary N) is 2. The van der Waals surface area contributed by atoms with Gasteiger partial charge in [0, 0.05) is 30.7 Å². The smallest absolute Gasteiger partial charge is 0.322 e. The summed E-state index contributed by atoms with van der Waals surface area (Å²) in [6.45, 7) is 5.15. The highest BCUT2D eigenvalue weighted by Gasteiger charge is 2.49. The molecule has 2 N–H and O–H groups in total. The van der Waals surface area contributed by atoms with E-state index in [-0.39, 0.29) is 18.0 Å². The molecule has 0 radical (unpaired) electrons. The maximum atomic E-state index is 13.8. The number of carbonyl (C=O) groups is 2. The van der Waals surface area contributed by atoms with Crippen molar-refractivity contribution in [1.29, 1.82) is 0 Å². The van der Waals surface area contributed by atoms with Crippen LogP contribution in [0.3, 0.4) is 0 Å². The molecular formula is C30H40N4O3. The molecule has 2 aromatic carbocycles. The van der Waals surface area contributed by atoms with Crippen LogP contribution in [0.15, 0.2) is 48.5 Å². The summed E-state index contributed by atoms with van der Waals surface area (Å²) in [5, 5.41) is 6.17. The second-order valence-electron chi connectivity index (χ2n) is 10.9. The zero-order valence-corrected chi connectivity index (χ0v) is 22.1. The van der Waals surface area contributed by atoms with Crippen molar-refractivity contribution in [2.45, 2.75) is 64.0 Å². The third kappa shape index (κ3) is 5.77. The molecule has 5 rings (SSSR count). The summed E-state index contributed by atoms with van der Waals surface area (Å²) in [5.41, 5.74) is 2.61. The monoisotopic (exact) mass is 504 g/mol. The maximum absolute atomic E-state index is 13.8. The Balaban J connectivity index is 1.31. The van der Waals surface area contributed by atoms with E-state index in [1.807, 2.05) is 55.5 Å². The van der Waals surface area contributed by atoms with Crippen molar-refractivity contribution >= 4 is 23.3 Å². The number of methoxy groups -OCH3 is 1. The number of anilines is 2. The summed E-state index contributed by atoms with van der Waals surface area (Å²) < 4.78 is 5.52. The number of likely N-dealkylation sites (tertiary alicyclic amines) is 1. The highest BCUT2D eigenvalue weighted by atomic mass is 16.5. The maximum Gasteiger partial charge on any atom is 0.322 e. The Kier molecular flexibility index (Phi) is 7.99. The summed E-state index contributed by atoms with van der Waals surface area (Å²) in [4.78, 5) is 31.2. The molecule has 3 fully saturated rings. The average Bonchev–Trinajstić information content (AvgIpc) is 2.90. The van der Waals surface area contributed by atoms with Gasteiger partial charge >= 0.3 is 6.03 Å². The molecule has 7 nitrogen and oxygen atoms in total. The van der Waals surface area contributed by atoms with Gasteiger partial charge in [0.05, 0.1) is 12.8 Å². The minimum absolute atomic E-state index is 0.0309. The average molecular weight is 505 g/mol. The van der Waals surface area contributed by atoms with E-state index in [1.54, 1.807) is 7.11 Å². The van der Waals surface area contributed by atoms with Crippen LogP contribution in [0, 0.1) is 18.8 Å². The molecule has 3 aliphatic rings. The molecule has 2 aromatic rings. The molecule has 37 heavy (non-hydrogen) atoms. The summed E-state index contributed by atoms with van der Waals surface area (Å²) in [6.07, 6.45) is 6.77. The number of ether oxygens (including phenoxy) is 1. The van der Waals surface area contributed by atoms with Crippen molar-refractivity contribution in [2.75, 3.05) is 37.4 Å². The molecule has 3 saturated heterocycles. The number of nitrogens with zero attached hydrogens (tertiary/aromatic N) is 2. The lowest BCUT2D eigenvalue weighted by atomic mass is 9.69. The van der Waals surface area contributed by atoms with Crippen molar-refractivity contribution in [2.24, 2.45) is 11.8 Å². The van der Waals surface area contributed by atoms with Crippen LogP contribution < -0.4 is 15.4 Å². The number of para-hydroxylation sites is 1. The third-order valence-corrected chi connectivity index (χ3v) is 8.49. The number of carbonyl (C=O) groups excluding carboxylic acids is 2. The lowest BCUT2D eigenvalue weighted by Gasteiger charge is -2.57. The molecule has 3 heterocycles. The Bertz CT molecular complexity index is 1090. The lowest BCUT2D eigenvalue weighted by Crippen LogP contribution is -2.66. The topological polar surface area (TPSA) is 73.9 Å². The molecule has 3 amide bonds. The van der Waals surface area contributed by atoms with E-state index >= 15 is 0 Å². The van der Waals surface area contributed by atoms with E-state index in [9.17, 15) is 9.59 Å². The minimum atomic E-state index is -0.0521. The Morgan fingerprint density at radius 3 is 2.59 bits per heavy atom. The van der Waals surface area contributed by atoms with Gasteiger partial charge in [-0.2, -0.15) is 0 Å². The molecule has 7 heteroatoms. The Morgan fingerprint density at radius 1 is 1.03 bits per heavy atom. The van der Waals surface area contributed by atoms with Gasteiger partial charge in [-0.1, -0.05) is 24.3 Å². The van der Waals surface area contributed by atoms with Gasteiger partial charge in [0.1, 0.15) is 5.75 Å². The van der Waals surface area contributed by atoms with E-state index in [4.69, 9.17) is 4.74 Å². The Labute approximate surface area is 220 Å². The molecule has 0 bridgehead atoms. The number of hydrogen-bond donors (Lipinski definition) is 2. The Hall–Kier alpha value is -3.06. The molecule has 198 valence electrons. The number of benzene rings is 2. The number of rotatable bonds is 7. The minimum Gasteiger partial charge on any atom is -0.495 e. The van der Waals surface area contributed by atoms with E-state index in [1.165, 1.54) is 32.4 Å². The first-order valence-electron chi connectivity index (χ1n) is 13.8. The predicted octanol–water partition coefficient (Wildman–Crippen LogP) is 5.52. The molecule has 0 saturated carbocycles. The fourth-order valence-electron chi connectivity index (χ4n) is 6.92. The standard InChI is InChI=1S/C30H40N4O3/c1-21-15-16-27(37-2)25(19-21)32-30(36)34-20-22-9-7-17-33-18-8-12-24(29(22)33)26(34)13-6-14-28(35)31-23-10-4-3-5-11-23/h3-5,10-11,15-16,19,22,24,26,29H,6-9,12-14,17-18,20H2,1-2H3,(H,31,35)(H,32,36)/t22-,24+,26+,29-/m0/s1. The van der Waals surface area contributed by atoms with Gasteiger partial charge in [-0.05, 0) is 100 Å². The van der Waals surface area contributed by atoms with Gasteiger partial charge < -0.3 is 20.3 Å². The number of hydrogen-bond acceptors (Lipinski definition) is 4. The normalized spacial score (nSPS) is 25.2. The molecule has 0 aromatic heterocycles. The van der Waals surface area contributed by atoms with E-state index < -0.39 is 0 Å². The number of amides is 3. The van der Waals surface area contributed by atoms with Gasteiger partial charge in [-0.25, -0.2) is 4.79 Å². The van der Waals surface area contributed by atoms with Crippen LogP contribution in [0.5, 0.6) is 5.75 Å². The highest BCUT2D eigenvalue weighted by Crippen LogP contribution is 2.43. The number of piperidine rings is 3. The summed E-state index contributed by atoms with van der Waals surface area (Å²) in [7, 11) is 1.63. The van der Waals surface area contributed by atoms with E-state index in [2.05, 4.69) is 20.4 Å². The van der Waals surface area contributed by atoms with Crippen LogP contribution in [0.25, 0.3) is 0 Å². The molecule has 0 aliphatic carbocycles. The molecular weight excluding hydrogens is 464 g/mol. The molecule has 4 atom stereocenters. The first-order valence-corrected chi connectivity index (χ1v) is 13.8. The molecule has 3 aliphatic heterocycles. The predicted molar refractivity (Wildman–Crippen MR) is 147 cm³/mol. The SMILES string of the molecule is COc1ccc(C)cc1NC(=O)N1C[C@@H]2CCCN3CCC[C@@H]([C@H]23)[C@H]1CCCC(=O)Nc1ccccc1. The lowest BCUT2D eigenvalue weighted by molar-refractivity contribution is -0.116. The fourth-order valence-corrected chi connectivity index (χ4v) is 6.92. The van der Waals surface area contributed by atoms with Gasteiger partial charge in [-0.3, -0.25) is 9.69 Å². The van der Waals surface area contributed by atoms with Crippen LogP contribution in [0.2, 0.25) is 0 Å². The van der Waals surface area contributed by atoms with Gasteiger partial charge in [0.15, 0.2) is 0 Å². The summed E-state index contributed by atoms with van der Waals surface area (Å²) >= 11 is 0. The largest absolute Gasteiger partial charge is 0.495 e. The van der Waals surface area contributed by atoms with Crippen molar-refractivity contribution in [3.63, 3.8) is 0 Å². The first kappa shape index (κ1) is 25.6. The fraction of sp³-hybridized carbons (Fsp3) is 0.533. The van der Waals surface area contributed by atoms with Crippen molar-refractivity contribution in [1.82, 2.24) is 9.80 Å². The van der Waals surface area contributed by atoms with Crippen LogP contribution in [0.4, 0.5) is 16.2 Å². The highest BCUT2D eigenvalue weighted by molar-refractivity contribution is 5.92. The van der Waals surface area contributed by atoms with E-state index in [0.717, 1.165) is 37.1 Å². The quantitative estimate of drug-likeness (QED) is 0.521. The summed E-state index contributed by atoms with van der Waals surface area (Å²) in [5.74, 6) is 1.67. The van der Waals surface area contributed by atoms with Crippen molar-refractivity contribution < 1.29 is 14.3 Å². The second kappa shape index (κ2) is 11.5. The molecule has 0 spiro atoms.